The third-order valence-electron chi connectivity index (χ3n) is 4.46. The molecule has 1 fully saturated rings. The van der Waals surface area contributed by atoms with Crippen LogP contribution in [0.3, 0.4) is 0 Å². The van der Waals surface area contributed by atoms with Gasteiger partial charge in [0, 0.05) is 18.7 Å². The highest BCUT2D eigenvalue weighted by atomic mass is 19.1. The lowest BCUT2D eigenvalue weighted by Gasteiger charge is -2.35. The smallest absolute Gasteiger partial charge is 0.227 e. The molecule has 0 unspecified atom stereocenters. The molecule has 3 aromatic heterocycles. The zero-order chi connectivity index (χ0) is 21.1. The predicted molar refractivity (Wildman–Crippen MR) is 107 cm³/mol. The fraction of sp³-hybridized carbons (Fsp3) is 0.368. The Morgan fingerprint density at radius 3 is 2.53 bits per heavy atom. The summed E-state index contributed by atoms with van der Waals surface area (Å²) in [5.41, 5.74) is 0.612. The summed E-state index contributed by atoms with van der Waals surface area (Å²) in [4.78, 5) is 18.9. The molecule has 1 N–H and O–H groups in total. The van der Waals surface area contributed by atoms with Crippen LogP contribution in [0.2, 0.25) is 0 Å². The molecule has 3 aromatic rings. The first-order chi connectivity index (χ1) is 14.5. The van der Waals surface area contributed by atoms with Crippen molar-refractivity contribution >= 4 is 17.6 Å². The van der Waals surface area contributed by atoms with E-state index in [-0.39, 0.29) is 18.0 Å². The molecule has 156 valence electrons. The van der Waals surface area contributed by atoms with Gasteiger partial charge in [-0.25, -0.2) is 19.3 Å². The Balaban J connectivity index is 1.56. The Morgan fingerprint density at radius 1 is 1.10 bits per heavy atom. The number of methoxy groups -OCH3 is 1. The third kappa shape index (κ3) is 4.40. The van der Waals surface area contributed by atoms with Crippen molar-refractivity contribution in [1.29, 1.82) is 0 Å². The molecule has 0 amide bonds. The summed E-state index contributed by atoms with van der Waals surface area (Å²) in [6.07, 6.45) is 5.83. The second kappa shape index (κ2) is 8.49. The summed E-state index contributed by atoms with van der Waals surface area (Å²) in [6, 6.07) is 1.66. The van der Waals surface area contributed by atoms with E-state index in [4.69, 9.17) is 9.47 Å². The lowest BCUT2D eigenvalue weighted by atomic mass is 10.2. The van der Waals surface area contributed by atoms with Crippen LogP contribution < -0.4 is 15.0 Å². The molecule has 1 aliphatic heterocycles. The highest BCUT2D eigenvalue weighted by Gasteiger charge is 2.25. The van der Waals surface area contributed by atoms with Crippen LogP contribution in [0.4, 0.5) is 22.0 Å². The van der Waals surface area contributed by atoms with Gasteiger partial charge in [-0.05, 0) is 19.9 Å². The van der Waals surface area contributed by atoms with Crippen molar-refractivity contribution in [3.63, 3.8) is 0 Å². The van der Waals surface area contributed by atoms with E-state index in [9.17, 15) is 4.39 Å². The molecule has 0 aromatic carbocycles. The first-order valence-corrected chi connectivity index (χ1v) is 9.41. The molecule has 2 atom stereocenters. The van der Waals surface area contributed by atoms with Crippen LogP contribution in [0, 0.1) is 5.82 Å². The normalized spacial score (nSPS) is 18.9. The Labute approximate surface area is 172 Å². The minimum atomic E-state index is -0.596. The van der Waals surface area contributed by atoms with E-state index < -0.39 is 5.82 Å². The molecule has 0 spiro atoms. The fourth-order valence-electron chi connectivity index (χ4n) is 3.18. The number of ether oxygens (including phenoxy) is 2. The fourth-order valence-corrected chi connectivity index (χ4v) is 3.18. The van der Waals surface area contributed by atoms with Crippen LogP contribution in [0.15, 0.2) is 30.9 Å². The average molecular weight is 412 g/mol. The number of rotatable bonds is 5. The standard InChI is InChI=1S/C19H21FN8O2/c1-11-9-28(10-12(2)30-11)19-23-8-15(20)18(26-19)25-16-4-13(5-24-27-16)17-21-6-14(29-3)7-22-17/h4-8,11-12H,9-10H2,1-3H3,(H,23,25,26,27)/t11-,12+. The minimum Gasteiger partial charge on any atom is -0.494 e. The van der Waals surface area contributed by atoms with Crippen LogP contribution in [-0.4, -0.2) is 62.5 Å². The number of morpholine rings is 1. The molecule has 0 radical (unpaired) electrons. The molecule has 30 heavy (non-hydrogen) atoms. The average Bonchev–Trinajstić information content (AvgIpc) is 2.75. The second-order valence-electron chi connectivity index (χ2n) is 6.93. The summed E-state index contributed by atoms with van der Waals surface area (Å²) < 4.78 is 25.2. The number of nitrogens with one attached hydrogen (secondary N) is 1. The van der Waals surface area contributed by atoms with Gasteiger partial charge in [0.05, 0.1) is 44.1 Å². The molecule has 0 saturated carbocycles. The van der Waals surface area contributed by atoms with Gasteiger partial charge in [0.2, 0.25) is 5.95 Å². The van der Waals surface area contributed by atoms with E-state index in [1.54, 1.807) is 18.5 Å². The maximum absolute atomic E-state index is 14.4. The van der Waals surface area contributed by atoms with Gasteiger partial charge in [0.15, 0.2) is 29.0 Å². The largest absolute Gasteiger partial charge is 0.494 e. The van der Waals surface area contributed by atoms with E-state index >= 15 is 0 Å². The number of nitrogens with zero attached hydrogens (tertiary/aromatic N) is 7. The maximum atomic E-state index is 14.4. The summed E-state index contributed by atoms with van der Waals surface area (Å²) >= 11 is 0. The lowest BCUT2D eigenvalue weighted by molar-refractivity contribution is -0.00572. The Bertz CT molecular complexity index is 1010. The second-order valence-corrected chi connectivity index (χ2v) is 6.93. The van der Waals surface area contributed by atoms with Gasteiger partial charge in [0.25, 0.3) is 0 Å². The van der Waals surface area contributed by atoms with E-state index in [0.29, 0.717) is 42.0 Å². The number of anilines is 3. The van der Waals surface area contributed by atoms with Gasteiger partial charge in [-0.2, -0.15) is 10.1 Å². The quantitative estimate of drug-likeness (QED) is 0.669. The van der Waals surface area contributed by atoms with Gasteiger partial charge < -0.3 is 19.7 Å². The maximum Gasteiger partial charge on any atom is 0.227 e. The van der Waals surface area contributed by atoms with E-state index in [2.05, 4.69) is 35.5 Å². The highest BCUT2D eigenvalue weighted by Crippen LogP contribution is 2.23. The molecule has 0 bridgehead atoms. The molecule has 4 heterocycles. The van der Waals surface area contributed by atoms with Crippen molar-refractivity contribution < 1.29 is 13.9 Å². The number of hydrogen-bond acceptors (Lipinski definition) is 10. The molecule has 10 nitrogen and oxygen atoms in total. The number of aromatic nitrogens is 6. The van der Waals surface area contributed by atoms with Crippen molar-refractivity contribution in [2.45, 2.75) is 26.1 Å². The van der Waals surface area contributed by atoms with E-state index in [1.165, 1.54) is 13.3 Å². The Morgan fingerprint density at radius 2 is 1.83 bits per heavy atom. The summed E-state index contributed by atoms with van der Waals surface area (Å²) in [5.74, 6) is 1.12. The van der Waals surface area contributed by atoms with Gasteiger partial charge in [0.1, 0.15) is 0 Å². The molecule has 1 saturated heterocycles. The summed E-state index contributed by atoms with van der Waals surface area (Å²) in [6.45, 7) is 5.21. The van der Waals surface area contributed by atoms with Crippen molar-refractivity contribution in [2.24, 2.45) is 0 Å². The van der Waals surface area contributed by atoms with Crippen molar-refractivity contribution in [3.05, 3.63) is 36.7 Å². The number of hydrogen-bond donors (Lipinski definition) is 1. The SMILES string of the molecule is COc1cnc(-c2cnnc(Nc3nc(N4C[C@@H](C)O[C@@H](C)C4)ncc3F)c2)nc1. The molecule has 0 aliphatic carbocycles. The molecule has 1 aliphatic rings. The summed E-state index contributed by atoms with van der Waals surface area (Å²) in [7, 11) is 1.54. The molecule has 4 rings (SSSR count). The predicted octanol–water partition coefficient (Wildman–Crippen LogP) is 2.23. The summed E-state index contributed by atoms with van der Waals surface area (Å²) in [5, 5.41) is 10.8. The monoisotopic (exact) mass is 412 g/mol. The lowest BCUT2D eigenvalue weighted by Crippen LogP contribution is -2.46. The van der Waals surface area contributed by atoms with Crippen LogP contribution in [0.1, 0.15) is 13.8 Å². The van der Waals surface area contributed by atoms with Crippen molar-refractivity contribution in [3.8, 4) is 17.1 Å². The van der Waals surface area contributed by atoms with Crippen LogP contribution in [0.25, 0.3) is 11.4 Å². The minimum absolute atomic E-state index is 0.00824. The van der Waals surface area contributed by atoms with Crippen molar-refractivity contribution in [2.75, 3.05) is 30.4 Å². The van der Waals surface area contributed by atoms with E-state index in [1.807, 2.05) is 18.7 Å². The van der Waals surface area contributed by atoms with Gasteiger partial charge in [-0.3, -0.25) is 0 Å². The van der Waals surface area contributed by atoms with Gasteiger partial charge >= 0.3 is 0 Å². The van der Waals surface area contributed by atoms with E-state index in [0.717, 1.165) is 6.20 Å². The van der Waals surface area contributed by atoms with Crippen LogP contribution in [0.5, 0.6) is 5.75 Å². The molecular weight excluding hydrogens is 391 g/mol. The first-order valence-electron chi connectivity index (χ1n) is 9.41. The zero-order valence-corrected chi connectivity index (χ0v) is 16.8. The Hall–Kier alpha value is -3.47. The number of halogens is 1. The Kier molecular flexibility index (Phi) is 5.61. The molecule has 11 heteroatoms. The third-order valence-corrected chi connectivity index (χ3v) is 4.46. The highest BCUT2D eigenvalue weighted by molar-refractivity contribution is 5.62. The van der Waals surface area contributed by atoms with Gasteiger partial charge in [-0.15, -0.1) is 5.10 Å². The zero-order valence-electron chi connectivity index (χ0n) is 16.8. The van der Waals surface area contributed by atoms with Crippen LogP contribution in [-0.2, 0) is 4.74 Å². The first kappa shape index (κ1) is 19.8. The van der Waals surface area contributed by atoms with Crippen LogP contribution >= 0.6 is 0 Å². The topological polar surface area (TPSA) is 111 Å². The molecular formula is C19H21FN8O2. The van der Waals surface area contributed by atoms with Crippen molar-refractivity contribution in [1.82, 2.24) is 30.1 Å². The van der Waals surface area contributed by atoms with Gasteiger partial charge in [-0.1, -0.05) is 0 Å².